The minimum Gasteiger partial charge on any atom is -0.497 e. The van der Waals surface area contributed by atoms with Gasteiger partial charge in [0.25, 0.3) is 5.91 Å². The summed E-state index contributed by atoms with van der Waals surface area (Å²) in [6.45, 7) is 0.272. The molecule has 0 aliphatic carbocycles. The first-order valence-corrected chi connectivity index (χ1v) is 7.34. The van der Waals surface area contributed by atoms with Crippen molar-refractivity contribution in [1.29, 1.82) is 5.26 Å². The number of aliphatic hydroxyl groups is 1. The maximum Gasteiger partial charge on any atom is 0.256 e. The summed E-state index contributed by atoms with van der Waals surface area (Å²) in [7, 11) is 1.59. The Morgan fingerprint density at radius 2 is 2.30 bits per heavy atom. The first kappa shape index (κ1) is 15.1. The number of carbonyl (C=O) groups is 1. The van der Waals surface area contributed by atoms with Crippen molar-refractivity contribution in [3.8, 4) is 11.8 Å². The Labute approximate surface area is 133 Å². The maximum atomic E-state index is 12.7. The van der Waals surface area contributed by atoms with E-state index >= 15 is 0 Å². The predicted molar refractivity (Wildman–Crippen MR) is 82.9 cm³/mol. The van der Waals surface area contributed by atoms with E-state index in [-0.39, 0.29) is 18.5 Å². The van der Waals surface area contributed by atoms with Gasteiger partial charge in [-0.15, -0.1) is 0 Å². The van der Waals surface area contributed by atoms with Gasteiger partial charge < -0.3 is 19.7 Å². The van der Waals surface area contributed by atoms with E-state index < -0.39 is 6.10 Å². The largest absolute Gasteiger partial charge is 0.497 e. The number of methoxy groups -OCH3 is 1. The second kappa shape index (κ2) is 6.15. The fraction of sp³-hybridized carbons (Fsp3) is 0.294. The van der Waals surface area contributed by atoms with E-state index in [1.54, 1.807) is 12.0 Å². The lowest BCUT2D eigenvalue weighted by atomic mass is 10.0. The average molecular weight is 311 g/mol. The van der Waals surface area contributed by atoms with Crippen LogP contribution in [-0.4, -0.2) is 40.7 Å². The van der Waals surface area contributed by atoms with Crippen LogP contribution in [0.5, 0.6) is 5.75 Å². The van der Waals surface area contributed by atoms with Gasteiger partial charge in [-0.3, -0.25) is 4.79 Å². The average Bonchev–Trinajstić information content (AvgIpc) is 3.20. The molecule has 0 unspecified atom stereocenters. The number of β-amino-alcohol motifs (C(OH)–C–C–N with tert-alkyl or cyclic N) is 1. The quantitative estimate of drug-likeness (QED) is 0.905. The van der Waals surface area contributed by atoms with Gasteiger partial charge in [0.1, 0.15) is 17.5 Å². The van der Waals surface area contributed by atoms with Crippen LogP contribution >= 0.6 is 0 Å². The normalized spacial score (nSPS) is 20.3. The van der Waals surface area contributed by atoms with Crippen molar-refractivity contribution < 1.29 is 14.6 Å². The third-order valence-electron chi connectivity index (χ3n) is 4.07. The molecule has 6 nitrogen and oxygen atoms in total. The van der Waals surface area contributed by atoms with Crippen molar-refractivity contribution in [1.82, 2.24) is 9.88 Å². The molecule has 6 heteroatoms. The van der Waals surface area contributed by atoms with E-state index in [4.69, 9.17) is 10.00 Å². The molecule has 1 aliphatic heterocycles. The third-order valence-corrected chi connectivity index (χ3v) is 4.07. The van der Waals surface area contributed by atoms with E-state index in [0.717, 1.165) is 5.56 Å². The number of nitrogens with one attached hydrogen (secondary N) is 1. The molecule has 1 saturated heterocycles. The number of carbonyl (C=O) groups excluding carboxylic acids is 1. The lowest BCUT2D eigenvalue weighted by Gasteiger charge is -2.24. The van der Waals surface area contributed by atoms with Gasteiger partial charge in [0.05, 0.1) is 24.8 Å². The second-order valence-electron chi connectivity index (χ2n) is 5.55. The van der Waals surface area contributed by atoms with Gasteiger partial charge >= 0.3 is 0 Å². The van der Waals surface area contributed by atoms with Crippen LogP contribution in [0.4, 0.5) is 0 Å². The standard InChI is InChI=1S/C17H17N3O3/c1-23-15-4-2-3-11(6-15)16-7-14(21)10-20(16)17(22)12-5-13(8-18)19-9-12/h2-6,9,14,16,19,21H,7,10H2,1H3/t14-,16+/m0/s1. The van der Waals surface area contributed by atoms with Crippen LogP contribution in [0.15, 0.2) is 36.5 Å². The number of benzene rings is 1. The molecule has 0 spiro atoms. The molecule has 1 fully saturated rings. The van der Waals surface area contributed by atoms with E-state index in [1.807, 2.05) is 30.3 Å². The molecule has 2 N–H and O–H groups in total. The van der Waals surface area contributed by atoms with Gasteiger partial charge in [0, 0.05) is 12.7 Å². The summed E-state index contributed by atoms with van der Waals surface area (Å²) in [6, 6.07) is 10.8. The van der Waals surface area contributed by atoms with Gasteiger partial charge in [-0.1, -0.05) is 12.1 Å². The Kier molecular flexibility index (Phi) is 4.04. The molecule has 2 heterocycles. The molecule has 2 aromatic rings. The third kappa shape index (κ3) is 2.91. The summed E-state index contributed by atoms with van der Waals surface area (Å²) in [5.74, 6) is 0.511. The number of ether oxygens (including phenoxy) is 1. The number of likely N-dealkylation sites (tertiary alicyclic amines) is 1. The summed E-state index contributed by atoms with van der Waals surface area (Å²) in [5.41, 5.74) is 1.68. The highest BCUT2D eigenvalue weighted by Gasteiger charge is 2.36. The zero-order valence-corrected chi connectivity index (χ0v) is 12.7. The topological polar surface area (TPSA) is 89.3 Å². The summed E-state index contributed by atoms with van der Waals surface area (Å²) in [4.78, 5) is 17.1. The molecular formula is C17H17N3O3. The van der Waals surface area contributed by atoms with E-state index in [1.165, 1.54) is 12.3 Å². The fourth-order valence-corrected chi connectivity index (χ4v) is 2.95. The first-order valence-electron chi connectivity index (χ1n) is 7.34. The number of aromatic nitrogens is 1. The number of H-pyrrole nitrogens is 1. The Hall–Kier alpha value is -2.78. The zero-order valence-electron chi connectivity index (χ0n) is 12.7. The molecule has 1 amide bonds. The molecule has 23 heavy (non-hydrogen) atoms. The fourth-order valence-electron chi connectivity index (χ4n) is 2.95. The van der Waals surface area contributed by atoms with Crippen molar-refractivity contribution in [2.45, 2.75) is 18.6 Å². The van der Waals surface area contributed by atoms with E-state index in [0.29, 0.717) is 23.4 Å². The minimum atomic E-state index is -0.565. The smallest absolute Gasteiger partial charge is 0.256 e. The van der Waals surface area contributed by atoms with Gasteiger partial charge in [-0.25, -0.2) is 0 Å². The summed E-state index contributed by atoms with van der Waals surface area (Å²) in [5, 5.41) is 18.9. The maximum absolute atomic E-state index is 12.7. The Morgan fingerprint density at radius 1 is 1.48 bits per heavy atom. The van der Waals surface area contributed by atoms with Crippen molar-refractivity contribution in [2.24, 2.45) is 0 Å². The lowest BCUT2D eigenvalue weighted by molar-refractivity contribution is 0.0716. The predicted octanol–water partition coefficient (Wildman–Crippen LogP) is 1.84. The van der Waals surface area contributed by atoms with Crippen molar-refractivity contribution >= 4 is 5.91 Å². The lowest BCUT2D eigenvalue weighted by Crippen LogP contribution is -2.31. The highest BCUT2D eigenvalue weighted by molar-refractivity contribution is 5.95. The van der Waals surface area contributed by atoms with Crippen LogP contribution in [0.2, 0.25) is 0 Å². The van der Waals surface area contributed by atoms with Crippen LogP contribution in [0.1, 0.15) is 34.1 Å². The molecular weight excluding hydrogens is 294 g/mol. The highest BCUT2D eigenvalue weighted by atomic mass is 16.5. The van der Waals surface area contributed by atoms with Gasteiger partial charge in [0.15, 0.2) is 0 Å². The van der Waals surface area contributed by atoms with Gasteiger partial charge in [-0.2, -0.15) is 5.26 Å². The number of hydrogen-bond donors (Lipinski definition) is 2. The van der Waals surface area contributed by atoms with Crippen LogP contribution in [-0.2, 0) is 0 Å². The van der Waals surface area contributed by atoms with Gasteiger partial charge in [-0.05, 0) is 30.2 Å². The molecule has 1 aromatic carbocycles. The molecule has 1 aliphatic rings. The number of aliphatic hydroxyl groups excluding tert-OH is 1. The van der Waals surface area contributed by atoms with E-state index in [9.17, 15) is 9.90 Å². The van der Waals surface area contributed by atoms with Crippen molar-refractivity contribution in [3.05, 3.63) is 53.3 Å². The Balaban J connectivity index is 1.90. The van der Waals surface area contributed by atoms with Crippen LogP contribution in [0, 0.1) is 11.3 Å². The summed E-state index contributed by atoms with van der Waals surface area (Å²) in [6.07, 6.45) is 1.44. The van der Waals surface area contributed by atoms with Gasteiger partial charge in [0.2, 0.25) is 0 Å². The number of nitrogens with zero attached hydrogens (tertiary/aromatic N) is 2. The highest BCUT2D eigenvalue weighted by Crippen LogP contribution is 2.34. The molecule has 118 valence electrons. The zero-order chi connectivity index (χ0) is 16.4. The number of nitriles is 1. The molecule has 0 radical (unpaired) electrons. The molecule has 0 saturated carbocycles. The van der Waals surface area contributed by atoms with Crippen LogP contribution < -0.4 is 4.74 Å². The molecule has 2 atom stereocenters. The number of amides is 1. The van der Waals surface area contributed by atoms with Crippen molar-refractivity contribution in [3.63, 3.8) is 0 Å². The molecule has 1 aromatic heterocycles. The SMILES string of the molecule is COc1cccc([C@H]2C[C@H](O)CN2C(=O)c2c[nH]c(C#N)c2)c1. The molecule has 3 rings (SSSR count). The monoisotopic (exact) mass is 311 g/mol. The number of rotatable bonds is 3. The number of aromatic amines is 1. The van der Waals surface area contributed by atoms with E-state index in [2.05, 4.69) is 4.98 Å². The Bertz CT molecular complexity index is 762. The summed E-state index contributed by atoms with van der Waals surface area (Å²) < 4.78 is 5.23. The van der Waals surface area contributed by atoms with Crippen LogP contribution in [0.3, 0.4) is 0 Å². The van der Waals surface area contributed by atoms with Crippen molar-refractivity contribution in [2.75, 3.05) is 13.7 Å². The Morgan fingerprint density at radius 3 is 3.00 bits per heavy atom. The first-order chi connectivity index (χ1) is 11.1. The summed E-state index contributed by atoms with van der Waals surface area (Å²) >= 11 is 0. The molecule has 0 bridgehead atoms. The number of hydrogen-bond acceptors (Lipinski definition) is 4. The van der Waals surface area contributed by atoms with Crippen LogP contribution in [0.25, 0.3) is 0 Å². The second-order valence-corrected chi connectivity index (χ2v) is 5.55. The minimum absolute atomic E-state index is 0.202.